The molecule has 2 amide bonds. The molecule has 1 spiro atoms. The van der Waals surface area contributed by atoms with E-state index in [1.54, 1.807) is 4.90 Å². The van der Waals surface area contributed by atoms with Crippen molar-refractivity contribution in [3.05, 3.63) is 0 Å². The maximum Gasteiger partial charge on any atom is 0.314 e. The largest absolute Gasteiger partial charge is 0.373 e. The summed E-state index contributed by atoms with van der Waals surface area (Å²) < 4.78 is 5.63. The zero-order valence-electron chi connectivity index (χ0n) is 7.08. The third-order valence-corrected chi connectivity index (χ3v) is 2.81. The fourth-order valence-electron chi connectivity index (χ4n) is 2.11. The van der Waals surface area contributed by atoms with E-state index in [4.69, 9.17) is 10.5 Å². The maximum atomic E-state index is 10.8. The number of nitrogens with two attached hydrogens (primary N) is 1. The molecule has 2 fully saturated rings. The zero-order chi connectivity index (χ0) is 8.60. The number of amides is 2. The summed E-state index contributed by atoms with van der Waals surface area (Å²) >= 11 is 0. The minimum Gasteiger partial charge on any atom is -0.373 e. The summed E-state index contributed by atoms with van der Waals surface area (Å²) in [4.78, 5) is 12.5. The van der Waals surface area contributed by atoms with Crippen LogP contribution in [0.15, 0.2) is 0 Å². The van der Waals surface area contributed by atoms with Crippen LogP contribution in [0.1, 0.15) is 19.3 Å². The van der Waals surface area contributed by atoms with Crippen molar-refractivity contribution in [1.82, 2.24) is 4.90 Å². The van der Waals surface area contributed by atoms with Gasteiger partial charge in [0.05, 0.1) is 12.1 Å². The van der Waals surface area contributed by atoms with E-state index in [-0.39, 0.29) is 11.6 Å². The van der Waals surface area contributed by atoms with Gasteiger partial charge in [-0.1, -0.05) is 0 Å². The topological polar surface area (TPSA) is 55.6 Å². The van der Waals surface area contributed by atoms with Gasteiger partial charge in [-0.05, 0) is 19.3 Å². The second-order valence-electron chi connectivity index (χ2n) is 3.64. The van der Waals surface area contributed by atoms with Crippen molar-refractivity contribution in [2.24, 2.45) is 5.73 Å². The van der Waals surface area contributed by atoms with Gasteiger partial charge < -0.3 is 15.4 Å². The molecule has 4 nitrogen and oxygen atoms in total. The molecule has 0 radical (unpaired) electrons. The first-order valence-corrected chi connectivity index (χ1v) is 4.40. The first-order valence-electron chi connectivity index (χ1n) is 4.40. The maximum absolute atomic E-state index is 10.8. The molecule has 0 bridgehead atoms. The Morgan fingerprint density at radius 3 is 2.83 bits per heavy atom. The molecule has 2 heterocycles. The average molecular weight is 170 g/mol. The normalized spacial score (nSPS) is 34.8. The van der Waals surface area contributed by atoms with Crippen LogP contribution in [0.4, 0.5) is 4.79 Å². The van der Waals surface area contributed by atoms with Crippen LogP contribution in [0.3, 0.4) is 0 Å². The molecule has 4 heteroatoms. The van der Waals surface area contributed by atoms with Crippen LogP contribution in [-0.2, 0) is 4.74 Å². The van der Waals surface area contributed by atoms with E-state index in [1.165, 1.54) is 0 Å². The van der Waals surface area contributed by atoms with E-state index in [0.717, 1.165) is 32.4 Å². The lowest BCUT2D eigenvalue weighted by molar-refractivity contribution is 0.0155. The molecular weight excluding hydrogens is 156 g/mol. The highest BCUT2D eigenvalue weighted by Gasteiger charge is 2.42. The van der Waals surface area contributed by atoms with E-state index in [2.05, 4.69) is 0 Å². The molecule has 2 N–H and O–H groups in total. The monoisotopic (exact) mass is 170 g/mol. The van der Waals surface area contributed by atoms with Crippen LogP contribution in [0, 0.1) is 0 Å². The Hall–Kier alpha value is -0.770. The molecule has 1 unspecified atom stereocenters. The SMILES string of the molecule is NC(=O)N1CCC2(CCCO2)C1. The number of nitrogens with zero attached hydrogens (tertiary/aromatic N) is 1. The van der Waals surface area contributed by atoms with Crippen LogP contribution in [0.2, 0.25) is 0 Å². The number of urea groups is 1. The summed E-state index contributed by atoms with van der Waals surface area (Å²) in [5.74, 6) is 0. The quantitative estimate of drug-likeness (QED) is 0.569. The Morgan fingerprint density at radius 2 is 2.33 bits per heavy atom. The Kier molecular flexibility index (Phi) is 1.72. The van der Waals surface area contributed by atoms with Gasteiger partial charge in [0.1, 0.15) is 0 Å². The lowest BCUT2D eigenvalue weighted by Crippen LogP contribution is -2.38. The van der Waals surface area contributed by atoms with E-state index in [0.29, 0.717) is 6.54 Å². The number of primary amides is 1. The number of ether oxygens (including phenoxy) is 1. The Morgan fingerprint density at radius 1 is 1.50 bits per heavy atom. The predicted molar refractivity (Wildman–Crippen MR) is 43.7 cm³/mol. The fraction of sp³-hybridized carbons (Fsp3) is 0.875. The van der Waals surface area contributed by atoms with Crippen LogP contribution in [0.5, 0.6) is 0 Å². The molecule has 0 aliphatic carbocycles. The number of likely N-dealkylation sites (tertiary alicyclic amines) is 1. The molecule has 12 heavy (non-hydrogen) atoms. The minimum absolute atomic E-state index is 0.0327. The van der Waals surface area contributed by atoms with Gasteiger partial charge in [0, 0.05) is 13.2 Å². The van der Waals surface area contributed by atoms with Gasteiger partial charge in [0.15, 0.2) is 0 Å². The molecule has 1 atom stereocenters. The van der Waals surface area contributed by atoms with Crippen molar-refractivity contribution in [2.75, 3.05) is 19.7 Å². The van der Waals surface area contributed by atoms with Crippen molar-refractivity contribution in [1.29, 1.82) is 0 Å². The lowest BCUT2D eigenvalue weighted by atomic mass is 10.00. The summed E-state index contributed by atoms with van der Waals surface area (Å²) in [6, 6.07) is -0.317. The Balaban J connectivity index is 2.01. The third kappa shape index (κ3) is 1.16. The van der Waals surface area contributed by atoms with Crippen LogP contribution >= 0.6 is 0 Å². The zero-order valence-corrected chi connectivity index (χ0v) is 7.08. The van der Waals surface area contributed by atoms with Gasteiger partial charge in [-0.3, -0.25) is 0 Å². The molecule has 2 rings (SSSR count). The average Bonchev–Trinajstić information content (AvgIpc) is 2.62. The van der Waals surface area contributed by atoms with Gasteiger partial charge in [0.2, 0.25) is 0 Å². The Labute approximate surface area is 71.7 Å². The molecular formula is C8H14N2O2. The van der Waals surface area contributed by atoms with E-state index in [9.17, 15) is 4.79 Å². The minimum atomic E-state index is -0.317. The Bertz CT molecular complexity index is 199. The standard InChI is InChI=1S/C8H14N2O2/c9-7(11)10-4-3-8(6-10)2-1-5-12-8/h1-6H2,(H2,9,11). The summed E-state index contributed by atoms with van der Waals surface area (Å²) in [6.07, 6.45) is 3.15. The predicted octanol–water partition coefficient (Wildman–Crippen LogP) is 0.320. The molecule has 0 aromatic heterocycles. The molecule has 0 aromatic rings. The van der Waals surface area contributed by atoms with Crippen molar-refractivity contribution in [3.63, 3.8) is 0 Å². The smallest absolute Gasteiger partial charge is 0.314 e. The summed E-state index contributed by atoms with van der Waals surface area (Å²) in [7, 11) is 0. The molecule has 0 saturated carbocycles. The van der Waals surface area contributed by atoms with Crippen LogP contribution in [-0.4, -0.2) is 36.2 Å². The van der Waals surface area contributed by atoms with Crippen molar-refractivity contribution in [2.45, 2.75) is 24.9 Å². The van der Waals surface area contributed by atoms with Crippen LogP contribution < -0.4 is 5.73 Å². The molecule has 2 aliphatic heterocycles. The van der Waals surface area contributed by atoms with E-state index in [1.807, 2.05) is 0 Å². The van der Waals surface area contributed by atoms with Gasteiger partial charge in [-0.25, -0.2) is 4.79 Å². The fourth-order valence-corrected chi connectivity index (χ4v) is 2.11. The van der Waals surface area contributed by atoms with Crippen molar-refractivity contribution >= 4 is 6.03 Å². The highest BCUT2D eigenvalue weighted by Crippen LogP contribution is 2.34. The molecule has 68 valence electrons. The summed E-state index contributed by atoms with van der Waals surface area (Å²) in [5.41, 5.74) is 5.15. The van der Waals surface area contributed by atoms with E-state index < -0.39 is 0 Å². The number of hydrogen-bond donors (Lipinski definition) is 1. The summed E-state index contributed by atoms with van der Waals surface area (Å²) in [5, 5.41) is 0. The second kappa shape index (κ2) is 2.62. The first kappa shape index (κ1) is 7.86. The van der Waals surface area contributed by atoms with Crippen LogP contribution in [0.25, 0.3) is 0 Å². The van der Waals surface area contributed by atoms with Gasteiger partial charge in [-0.15, -0.1) is 0 Å². The lowest BCUT2D eigenvalue weighted by Gasteiger charge is -2.22. The highest BCUT2D eigenvalue weighted by atomic mass is 16.5. The van der Waals surface area contributed by atoms with Gasteiger partial charge >= 0.3 is 6.03 Å². The van der Waals surface area contributed by atoms with Gasteiger partial charge in [0.25, 0.3) is 0 Å². The number of hydrogen-bond acceptors (Lipinski definition) is 2. The number of carbonyl (C=O) groups excluding carboxylic acids is 1. The number of rotatable bonds is 0. The first-order chi connectivity index (χ1) is 5.72. The second-order valence-corrected chi connectivity index (χ2v) is 3.64. The molecule has 0 aromatic carbocycles. The van der Waals surface area contributed by atoms with Gasteiger partial charge in [-0.2, -0.15) is 0 Å². The highest BCUT2D eigenvalue weighted by molar-refractivity contribution is 5.72. The third-order valence-electron chi connectivity index (χ3n) is 2.81. The molecule has 2 saturated heterocycles. The number of carbonyl (C=O) groups is 1. The molecule has 2 aliphatic rings. The van der Waals surface area contributed by atoms with Crippen molar-refractivity contribution in [3.8, 4) is 0 Å². The summed E-state index contributed by atoms with van der Waals surface area (Å²) in [6.45, 7) is 2.30. The van der Waals surface area contributed by atoms with E-state index >= 15 is 0 Å². The van der Waals surface area contributed by atoms with Crippen molar-refractivity contribution < 1.29 is 9.53 Å².